The maximum absolute atomic E-state index is 12.5. The summed E-state index contributed by atoms with van der Waals surface area (Å²) in [6, 6.07) is 7.20. The van der Waals surface area contributed by atoms with Crippen molar-refractivity contribution >= 4 is 23.3 Å². The van der Waals surface area contributed by atoms with E-state index in [1.807, 2.05) is 11.0 Å². The van der Waals surface area contributed by atoms with E-state index < -0.39 is 0 Å². The van der Waals surface area contributed by atoms with Gasteiger partial charge in [0.25, 0.3) is 5.91 Å². The second kappa shape index (κ2) is 6.70. The molecule has 0 radical (unpaired) electrons. The van der Waals surface area contributed by atoms with Gasteiger partial charge >= 0.3 is 6.03 Å². The molecule has 0 bridgehead atoms. The van der Waals surface area contributed by atoms with E-state index in [2.05, 4.69) is 15.5 Å². The van der Waals surface area contributed by atoms with Crippen LogP contribution in [-0.2, 0) is 4.79 Å². The number of piperidine rings is 1. The maximum atomic E-state index is 12.5. The molecule has 8 nitrogen and oxygen atoms in total. The summed E-state index contributed by atoms with van der Waals surface area (Å²) in [6.45, 7) is 1.42. The Bertz CT molecular complexity index is 812. The number of nitrogens with one attached hydrogen (secondary N) is 2. The Morgan fingerprint density at radius 1 is 1.31 bits per heavy atom. The molecule has 0 unspecified atom stereocenters. The molecule has 8 heteroatoms. The van der Waals surface area contributed by atoms with Crippen molar-refractivity contribution < 1.29 is 14.3 Å². The molecule has 26 heavy (non-hydrogen) atoms. The van der Waals surface area contributed by atoms with Crippen LogP contribution in [0.25, 0.3) is 0 Å². The van der Waals surface area contributed by atoms with E-state index in [1.165, 1.54) is 0 Å². The van der Waals surface area contributed by atoms with Gasteiger partial charge in [-0.25, -0.2) is 4.79 Å². The van der Waals surface area contributed by atoms with Gasteiger partial charge in [-0.1, -0.05) is 0 Å². The minimum Gasteiger partial charge on any atom is -0.481 e. The Balaban J connectivity index is 1.37. The van der Waals surface area contributed by atoms with Crippen LogP contribution in [-0.4, -0.2) is 53.8 Å². The zero-order chi connectivity index (χ0) is 18.1. The predicted octanol–water partition coefficient (Wildman–Crippen LogP) is 2.18. The highest BCUT2D eigenvalue weighted by Crippen LogP contribution is 2.34. The lowest BCUT2D eigenvalue weighted by Gasteiger charge is -2.31. The zero-order valence-electron chi connectivity index (χ0n) is 14.6. The quantitative estimate of drug-likeness (QED) is 0.864. The van der Waals surface area contributed by atoms with Gasteiger partial charge in [-0.3, -0.25) is 9.89 Å². The van der Waals surface area contributed by atoms with Gasteiger partial charge < -0.3 is 19.9 Å². The molecular formula is C18H21N5O3. The molecule has 0 atom stereocenters. The molecule has 136 valence electrons. The fourth-order valence-corrected chi connectivity index (χ4v) is 3.45. The molecule has 2 aromatic rings. The molecule has 2 aliphatic heterocycles. The standard InChI is InChI=1S/C18H21N5O3/c1-22-15-3-2-13(10-16(15)26-11-17(22)24)20-18(25)23-8-5-12(6-9-23)14-4-7-19-21-14/h2-4,7,10,12H,5-6,8-9,11H2,1H3,(H,19,21)(H,20,25). The number of rotatable bonds is 2. The molecule has 0 aliphatic carbocycles. The van der Waals surface area contributed by atoms with Crippen LogP contribution in [0.3, 0.4) is 0 Å². The summed E-state index contributed by atoms with van der Waals surface area (Å²) in [6.07, 6.45) is 3.59. The fourth-order valence-electron chi connectivity index (χ4n) is 3.45. The van der Waals surface area contributed by atoms with Crippen LogP contribution in [0, 0.1) is 0 Å². The van der Waals surface area contributed by atoms with Gasteiger partial charge in [-0.05, 0) is 31.0 Å². The minimum absolute atomic E-state index is 0.0159. The van der Waals surface area contributed by atoms with Crippen molar-refractivity contribution in [1.29, 1.82) is 0 Å². The largest absolute Gasteiger partial charge is 0.481 e. The number of nitrogens with zero attached hydrogens (tertiary/aromatic N) is 3. The van der Waals surface area contributed by atoms with E-state index >= 15 is 0 Å². The van der Waals surface area contributed by atoms with Crippen molar-refractivity contribution in [2.24, 2.45) is 0 Å². The lowest BCUT2D eigenvalue weighted by atomic mass is 9.94. The van der Waals surface area contributed by atoms with Gasteiger partial charge in [0.1, 0.15) is 5.75 Å². The van der Waals surface area contributed by atoms with Crippen LogP contribution in [0.15, 0.2) is 30.5 Å². The molecule has 3 amide bonds. The average molecular weight is 355 g/mol. The summed E-state index contributed by atoms with van der Waals surface area (Å²) in [7, 11) is 1.71. The Morgan fingerprint density at radius 3 is 2.85 bits per heavy atom. The molecule has 2 N–H and O–H groups in total. The maximum Gasteiger partial charge on any atom is 0.321 e. The van der Waals surface area contributed by atoms with E-state index in [0.29, 0.717) is 36.1 Å². The molecule has 1 aromatic carbocycles. The highest BCUT2D eigenvalue weighted by atomic mass is 16.5. The van der Waals surface area contributed by atoms with Crippen LogP contribution >= 0.6 is 0 Å². The number of hydrogen-bond donors (Lipinski definition) is 2. The monoisotopic (exact) mass is 355 g/mol. The molecule has 3 heterocycles. The molecule has 1 fully saturated rings. The summed E-state index contributed by atoms with van der Waals surface area (Å²) in [5.41, 5.74) is 2.50. The number of H-pyrrole nitrogens is 1. The van der Waals surface area contributed by atoms with E-state index in [1.54, 1.807) is 36.3 Å². The average Bonchev–Trinajstić information content (AvgIpc) is 3.20. The first-order chi connectivity index (χ1) is 12.6. The van der Waals surface area contributed by atoms with Gasteiger partial charge in [-0.15, -0.1) is 0 Å². The zero-order valence-corrected chi connectivity index (χ0v) is 14.6. The third-order valence-electron chi connectivity index (χ3n) is 5.04. The summed E-state index contributed by atoms with van der Waals surface area (Å²) >= 11 is 0. The number of likely N-dealkylation sites (tertiary alicyclic amines) is 1. The lowest BCUT2D eigenvalue weighted by Crippen LogP contribution is -2.40. The minimum atomic E-state index is -0.117. The normalized spacial score (nSPS) is 17.7. The number of likely N-dealkylation sites (N-methyl/N-ethyl adjacent to an activating group) is 1. The highest BCUT2D eigenvalue weighted by Gasteiger charge is 2.26. The van der Waals surface area contributed by atoms with E-state index in [9.17, 15) is 9.59 Å². The number of aromatic amines is 1. The van der Waals surface area contributed by atoms with Crippen LogP contribution in [0.1, 0.15) is 24.5 Å². The van der Waals surface area contributed by atoms with Crippen LogP contribution in [0.4, 0.5) is 16.2 Å². The second-order valence-corrected chi connectivity index (χ2v) is 6.63. The van der Waals surface area contributed by atoms with Crippen molar-refractivity contribution in [3.8, 4) is 5.75 Å². The number of carbonyl (C=O) groups excluding carboxylic acids is 2. The second-order valence-electron chi connectivity index (χ2n) is 6.63. The first kappa shape index (κ1) is 16.4. The van der Waals surface area contributed by atoms with E-state index in [-0.39, 0.29) is 18.5 Å². The molecule has 1 aromatic heterocycles. The van der Waals surface area contributed by atoms with Crippen molar-refractivity contribution in [2.75, 3.05) is 37.0 Å². The number of hydrogen-bond acceptors (Lipinski definition) is 4. The third-order valence-corrected chi connectivity index (χ3v) is 5.04. The van der Waals surface area contributed by atoms with Crippen LogP contribution in [0.5, 0.6) is 5.75 Å². The van der Waals surface area contributed by atoms with E-state index in [4.69, 9.17) is 4.74 Å². The number of fused-ring (bicyclic) bond motifs is 1. The first-order valence-electron chi connectivity index (χ1n) is 8.70. The first-order valence-corrected chi connectivity index (χ1v) is 8.70. The van der Waals surface area contributed by atoms with Crippen molar-refractivity contribution in [3.05, 3.63) is 36.2 Å². The van der Waals surface area contributed by atoms with E-state index in [0.717, 1.165) is 18.5 Å². The number of carbonyl (C=O) groups is 2. The van der Waals surface area contributed by atoms with Crippen molar-refractivity contribution in [2.45, 2.75) is 18.8 Å². The van der Waals surface area contributed by atoms with Gasteiger partial charge in [0.15, 0.2) is 6.61 Å². The van der Waals surface area contributed by atoms with Gasteiger partial charge in [0.2, 0.25) is 0 Å². The fraction of sp³-hybridized carbons (Fsp3) is 0.389. The number of urea groups is 1. The van der Waals surface area contributed by atoms with Crippen LogP contribution in [0.2, 0.25) is 0 Å². The summed E-state index contributed by atoms with van der Waals surface area (Å²) in [4.78, 5) is 27.6. The molecule has 4 rings (SSSR count). The van der Waals surface area contributed by atoms with Crippen molar-refractivity contribution in [1.82, 2.24) is 15.1 Å². The number of aromatic nitrogens is 2. The van der Waals surface area contributed by atoms with Gasteiger partial charge in [0, 0.05) is 49.7 Å². The topological polar surface area (TPSA) is 90.6 Å². The van der Waals surface area contributed by atoms with Crippen LogP contribution < -0.4 is 15.0 Å². The molecule has 2 aliphatic rings. The third kappa shape index (κ3) is 3.10. The number of amides is 3. The van der Waals surface area contributed by atoms with Gasteiger partial charge in [-0.2, -0.15) is 5.10 Å². The Labute approximate surface area is 151 Å². The molecular weight excluding hydrogens is 334 g/mol. The van der Waals surface area contributed by atoms with Gasteiger partial charge in [0.05, 0.1) is 5.69 Å². The molecule has 1 saturated heterocycles. The molecule has 0 spiro atoms. The number of benzene rings is 1. The number of ether oxygens (including phenoxy) is 1. The Kier molecular flexibility index (Phi) is 4.24. The summed E-state index contributed by atoms with van der Waals surface area (Å²) in [5, 5.41) is 9.93. The number of anilines is 2. The predicted molar refractivity (Wildman–Crippen MR) is 96.5 cm³/mol. The molecule has 0 saturated carbocycles. The summed E-state index contributed by atoms with van der Waals surface area (Å²) < 4.78 is 5.46. The highest BCUT2D eigenvalue weighted by molar-refractivity contribution is 5.98. The Morgan fingerprint density at radius 2 is 2.12 bits per heavy atom. The van der Waals surface area contributed by atoms with Crippen molar-refractivity contribution in [3.63, 3.8) is 0 Å². The lowest BCUT2D eigenvalue weighted by molar-refractivity contribution is -0.120. The summed E-state index contributed by atoms with van der Waals surface area (Å²) in [5.74, 6) is 0.934. The smallest absolute Gasteiger partial charge is 0.321 e. The Hall–Kier alpha value is -3.03. The SMILES string of the molecule is CN1C(=O)COc2cc(NC(=O)N3CCC(c4ccn[nH]4)CC3)ccc21.